The lowest BCUT2D eigenvalue weighted by molar-refractivity contribution is 0.288. The minimum absolute atomic E-state index is 0.221. The highest BCUT2D eigenvalue weighted by Crippen LogP contribution is 2.18. The summed E-state index contributed by atoms with van der Waals surface area (Å²) in [5, 5.41) is 0. The molecule has 17 heavy (non-hydrogen) atoms. The van der Waals surface area contributed by atoms with Gasteiger partial charge in [-0.2, -0.15) is 0 Å². The Kier molecular flexibility index (Phi) is 3.44. The van der Waals surface area contributed by atoms with Gasteiger partial charge < -0.3 is 10.2 Å². The van der Waals surface area contributed by atoms with Crippen molar-refractivity contribution in [2.75, 3.05) is 12.8 Å². The lowest BCUT2D eigenvalue weighted by Crippen LogP contribution is -2.18. The quantitative estimate of drug-likeness (QED) is 0.827. The summed E-state index contributed by atoms with van der Waals surface area (Å²) in [4.78, 5) is 2.02. The van der Waals surface area contributed by atoms with Crippen molar-refractivity contribution in [3.63, 3.8) is 0 Å². The van der Waals surface area contributed by atoms with Gasteiger partial charge in [0.05, 0.1) is 18.5 Å². The zero-order chi connectivity index (χ0) is 12.3. The molecule has 1 aromatic heterocycles. The van der Waals surface area contributed by atoms with Crippen LogP contribution < -0.4 is 5.73 Å². The molecule has 0 saturated heterocycles. The number of anilines is 1. The number of nitrogens with zero attached hydrogens (tertiary/aromatic N) is 1. The highest BCUT2D eigenvalue weighted by atomic mass is 19.1. The standard InChI is InChI=1S/C13H15FN2O/c1-16(9-11-5-3-7-17-11)8-10-4-2-6-12(14)13(10)15/h2-7H,8-9,15H2,1H3. The Balaban J connectivity index is 2.03. The molecule has 0 aliphatic rings. The molecule has 2 N–H and O–H groups in total. The van der Waals surface area contributed by atoms with Crippen molar-refractivity contribution in [2.45, 2.75) is 13.1 Å². The largest absolute Gasteiger partial charge is 0.468 e. The van der Waals surface area contributed by atoms with Crippen LogP contribution in [0.2, 0.25) is 0 Å². The highest BCUT2D eigenvalue weighted by molar-refractivity contribution is 5.47. The molecule has 1 heterocycles. The molecule has 90 valence electrons. The van der Waals surface area contributed by atoms with Crippen LogP contribution in [0.25, 0.3) is 0 Å². The zero-order valence-electron chi connectivity index (χ0n) is 9.69. The summed E-state index contributed by atoms with van der Waals surface area (Å²) in [6, 6.07) is 8.62. The molecule has 0 fully saturated rings. The average Bonchev–Trinajstić information content (AvgIpc) is 2.77. The first-order chi connectivity index (χ1) is 8.16. The molecule has 4 heteroatoms. The molecule has 1 aromatic carbocycles. The molecule has 0 bridgehead atoms. The molecule has 0 radical (unpaired) electrons. The van der Waals surface area contributed by atoms with Crippen molar-refractivity contribution in [2.24, 2.45) is 0 Å². The van der Waals surface area contributed by atoms with Crippen molar-refractivity contribution in [1.29, 1.82) is 0 Å². The Morgan fingerprint density at radius 3 is 2.76 bits per heavy atom. The molecule has 0 spiro atoms. The predicted octanol–water partition coefficient (Wildman–Crippen LogP) is 2.63. The van der Waals surface area contributed by atoms with E-state index in [-0.39, 0.29) is 11.5 Å². The van der Waals surface area contributed by atoms with Crippen LogP contribution in [0.1, 0.15) is 11.3 Å². The average molecular weight is 234 g/mol. The third kappa shape index (κ3) is 2.85. The van der Waals surface area contributed by atoms with E-state index in [1.807, 2.05) is 30.1 Å². The van der Waals surface area contributed by atoms with E-state index in [4.69, 9.17) is 10.2 Å². The number of nitrogen functional groups attached to an aromatic ring is 1. The van der Waals surface area contributed by atoms with E-state index in [1.165, 1.54) is 6.07 Å². The van der Waals surface area contributed by atoms with E-state index < -0.39 is 0 Å². The molecule has 2 rings (SSSR count). The van der Waals surface area contributed by atoms with Gasteiger partial charge in [-0.3, -0.25) is 4.90 Å². The molecule has 0 saturated carbocycles. The number of para-hydroxylation sites is 1. The summed E-state index contributed by atoms with van der Waals surface area (Å²) in [7, 11) is 1.94. The van der Waals surface area contributed by atoms with E-state index in [0.29, 0.717) is 13.1 Å². The van der Waals surface area contributed by atoms with Gasteiger partial charge in [0, 0.05) is 6.54 Å². The zero-order valence-corrected chi connectivity index (χ0v) is 9.69. The second-order valence-corrected chi connectivity index (χ2v) is 4.06. The Bertz CT molecular complexity index is 482. The molecule has 3 nitrogen and oxygen atoms in total. The predicted molar refractivity (Wildman–Crippen MR) is 64.7 cm³/mol. The third-order valence-electron chi connectivity index (χ3n) is 2.59. The molecule has 0 unspecified atom stereocenters. The van der Waals surface area contributed by atoms with Gasteiger partial charge in [-0.25, -0.2) is 4.39 Å². The normalized spacial score (nSPS) is 11.0. The van der Waals surface area contributed by atoms with Gasteiger partial charge in [0.2, 0.25) is 0 Å². The van der Waals surface area contributed by atoms with E-state index in [0.717, 1.165) is 11.3 Å². The summed E-state index contributed by atoms with van der Waals surface area (Å²) >= 11 is 0. The fourth-order valence-electron chi connectivity index (χ4n) is 1.73. The summed E-state index contributed by atoms with van der Waals surface area (Å²) in [5.41, 5.74) is 6.69. The number of halogens is 1. The first-order valence-electron chi connectivity index (χ1n) is 5.40. The topological polar surface area (TPSA) is 42.4 Å². The van der Waals surface area contributed by atoms with Crippen molar-refractivity contribution in [3.8, 4) is 0 Å². The Morgan fingerprint density at radius 2 is 2.06 bits per heavy atom. The van der Waals surface area contributed by atoms with E-state index in [1.54, 1.807) is 12.3 Å². The summed E-state index contributed by atoms with van der Waals surface area (Å²) in [5.74, 6) is 0.511. The van der Waals surface area contributed by atoms with E-state index in [2.05, 4.69) is 0 Å². The van der Waals surface area contributed by atoms with Gasteiger partial charge in [0.1, 0.15) is 11.6 Å². The van der Waals surface area contributed by atoms with Gasteiger partial charge in [0.15, 0.2) is 0 Å². The fourth-order valence-corrected chi connectivity index (χ4v) is 1.73. The SMILES string of the molecule is CN(Cc1ccco1)Cc1cccc(F)c1N. The summed E-state index contributed by atoms with van der Waals surface area (Å²) in [6.45, 7) is 1.26. The Labute approximate surface area is 99.6 Å². The molecule has 0 aliphatic carbocycles. The molecular weight excluding hydrogens is 219 g/mol. The van der Waals surface area contributed by atoms with Crippen LogP contribution in [0.15, 0.2) is 41.0 Å². The molecule has 0 aliphatic heterocycles. The molecule has 2 aromatic rings. The van der Waals surface area contributed by atoms with E-state index >= 15 is 0 Å². The van der Waals surface area contributed by atoms with Gasteiger partial charge in [0.25, 0.3) is 0 Å². The Morgan fingerprint density at radius 1 is 1.24 bits per heavy atom. The fraction of sp³-hybridized carbons (Fsp3) is 0.231. The van der Waals surface area contributed by atoms with Crippen LogP contribution in [0.3, 0.4) is 0 Å². The second kappa shape index (κ2) is 5.01. The maximum absolute atomic E-state index is 13.2. The maximum Gasteiger partial charge on any atom is 0.146 e. The number of nitrogens with two attached hydrogens (primary N) is 1. The molecule has 0 atom stereocenters. The van der Waals surface area contributed by atoms with Crippen molar-refractivity contribution >= 4 is 5.69 Å². The van der Waals surface area contributed by atoms with Gasteiger partial charge in [-0.05, 0) is 30.8 Å². The van der Waals surface area contributed by atoms with Crippen molar-refractivity contribution in [1.82, 2.24) is 4.90 Å². The Hall–Kier alpha value is -1.81. The lowest BCUT2D eigenvalue weighted by Gasteiger charge is -2.16. The van der Waals surface area contributed by atoms with Crippen molar-refractivity contribution < 1.29 is 8.81 Å². The van der Waals surface area contributed by atoms with E-state index in [9.17, 15) is 4.39 Å². The van der Waals surface area contributed by atoms with Crippen LogP contribution in [-0.2, 0) is 13.1 Å². The smallest absolute Gasteiger partial charge is 0.146 e. The number of rotatable bonds is 4. The van der Waals surface area contributed by atoms with Crippen LogP contribution in [0, 0.1) is 5.82 Å². The summed E-state index contributed by atoms with van der Waals surface area (Å²) < 4.78 is 18.5. The van der Waals surface area contributed by atoms with Crippen LogP contribution in [0.5, 0.6) is 0 Å². The van der Waals surface area contributed by atoms with Gasteiger partial charge >= 0.3 is 0 Å². The monoisotopic (exact) mass is 234 g/mol. The van der Waals surface area contributed by atoms with Gasteiger partial charge in [-0.1, -0.05) is 12.1 Å². The number of hydrogen-bond donors (Lipinski definition) is 1. The lowest BCUT2D eigenvalue weighted by atomic mass is 10.1. The van der Waals surface area contributed by atoms with Crippen molar-refractivity contribution in [3.05, 3.63) is 53.7 Å². The van der Waals surface area contributed by atoms with Crippen LogP contribution in [-0.4, -0.2) is 11.9 Å². The minimum Gasteiger partial charge on any atom is -0.468 e. The number of hydrogen-bond acceptors (Lipinski definition) is 3. The molecular formula is C13H15FN2O. The maximum atomic E-state index is 13.2. The summed E-state index contributed by atoms with van der Waals surface area (Å²) in [6.07, 6.45) is 1.64. The minimum atomic E-state index is -0.367. The second-order valence-electron chi connectivity index (χ2n) is 4.06. The highest BCUT2D eigenvalue weighted by Gasteiger charge is 2.08. The van der Waals surface area contributed by atoms with Crippen LogP contribution >= 0.6 is 0 Å². The number of furan rings is 1. The molecule has 0 amide bonds. The van der Waals surface area contributed by atoms with Crippen LogP contribution in [0.4, 0.5) is 10.1 Å². The van der Waals surface area contributed by atoms with Gasteiger partial charge in [-0.15, -0.1) is 0 Å². The first-order valence-corrected chi connectivity index (χ1v) is 5.40. The third-order valence-corrected chi connectivity index (χ3v) is 2.59. The first kappa shape index (κ1) is 11.7. The number of benzene rings is 1.